The Bertz CT molecular complexity index is 398. The average molecular weight is 211 g/mol. The zero-order valence-electron chi connectivity index (χ0n) is 7.45. The first-order valence-corrected chi connectivity index (χ1v) is 4.17. The Morgan fingerprint density at radius 1 is 1.79 bits per heavy atom. The van der Waals surface area contributed by atoms with Crippen LogP contribution in [0, 0.1) is 11.3 Å². The monoisotopic (exact) mass is 210 g/mol. The van der Waals surface area contributed by atoms with Gasteiger partial charge >= 0.3 is 5.97 Å². The van der Waals surface area contributed by atoms with Crippen LogP contribution >= 0.6 is 11.6 Å². The van der Waals surface area contributed by atoms with Gasteiger partial charge in [0.1, 0.15) is 6.07 Å². The van der Waals surface area contributed by atoms with E-state index < -0.39 is 5.97 Å². The summed E-state index contributed by atoms with van der Waals surface area (Å²) in [5.41, 5.74) is 0.665. The fourth-order valence-corrected chi connectivity index (χ4v) is 1.15. The van der Waals surface area contributed by atoms with E-state index in [-0.39, 0.29) is 17.1 Å². The van der Waals surface area contributed by atoms with Crippen molar-refractivity contribution < 1.29 is 9.53 Å². The molecule has 72 valence electrons. The van der Waals surface area contributed by atoms with Crippen LogP contribution in [0.25, 0.3) is 0 Å². The van der Waals surface area contributed by atoms with E-state index in [1.54, 1.807) is 6.07 Å². The Kier molecular flexibility index (Phi) is 3.43. The van der Waals surface area contributed by atoms with E-state index in [9.17, 15) is 4.79 Å². The largest absolute Gasteiger partial charge is 0.469 e. The minimum atomic E-state index is -0.401. The van der Waals surface area contributed by atoms with Crippen LogP contribution < -0.4 is 0 Å². The van der Waals surface area contributed by atoms with E-state index >= 15 is 0 Å². The maximum Gasteiger partial charge on any atom is 0.310 e. The molecule has 5 heteroatoms. The molecule has 1 heterocycles. The van der Waals surface area contributed by atoms with Crippen molar-refractivity contribution >= 4 is 17.6 Å². The lowest BCUT2D eigenvalue weighted by Gasteiger charge is -2.02. The molecule has 1 aromatic rings. The predicted octanol–water partition coefficient (Wildman–Crippen LogP) is 1.32. The summed E-state index contributed by atoms with van der Waals surface area (Å²) in [6.45, 7) is 0. The van der Waals surface area contributed by atoms with E-state index in [2.05, 4.69) is 9.72 Å². The van der Waals surface area contributed by atoms with Gasteiger partial charge in [-0.25, -0.2) is 4.98 Å². The van der Waals surface area contributed by atoms with Gasteiger partial charge in [-0.3, -0.25) is 4.79 Å². The Balaban J connectivity index is 2.99. The summed E-state index contributed by atoms with van der Waals surface area (Å²) >= 11 is 5.82. The van der Waals surface area contributed by atoms with E-state index in [4.69, 9.17) is 16.9 Å². The highest BCUT2D eigenvalue weighted by Crippen LogP contribution is 2.18. The average Bonchev–Trinajstić information content (AvgIpc) is 2.21. The molecule has 0 aromatic carbocycles. The summed E-state index contributed by atoms with van der Waals surface area (Å²) in [7, 11) is 1.29. The van der Waals surface area contributed by atoms with Crippen LogP contribution in [-0.4, -0.2) is 18.1 Å². The summed E-state index contributed by atoms with van der Waals surface area (Å²) in [6, 6.07) is 3.42. The maximum atomic E-state index is 10.9. The Hall–Kier alpha value is -1.60. The number of hydrogen-bond acceptors (Lipinski definition) is 4. The highest BCUT2D eigenvalue weighted by molar-refractivity contribution is 6.32. The van der Waals surface area contributed by atoms with E-state index in [1.807, 2.05) is 6.07 Å². The summed E-state index contributed by atoms with van der Waals surface area (Å²) in [5.74, 6) is -0.401. The third-order valence-corrected chi connectivity index (χ3v) is 2.06. The number of aromatic nitrogens is 1. The number of nitriles is 1. The smallest absolute Gasteiger partial charge is 0.310 e. The Morgan fingerprint density at radius 2 is 2.50 bits per heavy atom. The van der Waals surface area contributed by atoms with E-state index in [0.717, 1.165) is 0 Å². The van der Waals surface area contributed by atoms with Crippen molar-refractivity contribution in [2.75, 3.05) is 7.11 Å². The number of nitrogens with zero attached hydrogens (tertiary/aromatic N) is 2. The fourth-order valence-electron chi connectivity index (χ4n) is 0.926. The van der Waals surface area contributed by atoms with Gasteiger partial charge in [-0.15, -0.1) is 0 Å². The third-order valence-electron chi connectivity index (χ3n) is 1.64. The second-order valence-corrected chi connectivity index (χ2v) is 2.88. The number of rotatable bonds is 2. The van der Waals surface area contributed by atoms with Gasteiger partial charge in [-0.1, -0.05) is 11.6 Å². The second-order valence-electron chi connectivity index (χ2n) is 2.50. The molecule has 0 fully saturated rings. The Labute approximate surface area is 86.1 Å². The maximum absolute atomic E-state index is 10.9. The standard InChI is InChI=1S/C9H7ClN2O2/c1-14-8(13)4-6-2-3-12-7(5-11)9(6)10/h2-3H,4H2,1H3. The molecule has 0 saturated heterocycles. The number of hydrogen-bond donors (Lipinski definition) is 0. The summed E-state index contributed by atoms with van der Waals surface area (Å²) in [6.07, 6.45) is 1.48. The summed E-state index contributed by atoms with van der Waals surface area (Å²) in [4.78, 5) is 14.7. The highest BCUT2D eigenvalue weighted by Gasteiger charge is 2.10. The molecular formula is C9H7ClN2O2. The molecule has 14 heavy (non-hydrogen) atoms. The van der Waals surface area contributed by atoms with Gasteiger partial charge in [0.15, 0.2) is 5.69 Å². The third kappa shape index (κ3) is 2.21. The Morgan fingerprint density at radius 3 is 3.07 bits per heavy atom. The topological polar surface area (TPSA) is 63.0 Å². The number of ether oxygens (including phenoxy) is 1. The molecule has 1 rings (SSSR count). The van der Waals surface area contributed by atoms with Gasteiger partial charge in [-0.05, 0) is 11.6 Å². The SMILES string of the molecule is COC(=O)Cc1ccnc(C#N)c1Cl. The van der Waals surface area contributed by atoms with Gasteiger partial charge in [0.25, 0.3) is 0 Å². The molecule has 0 bridgehead atoms. The molecule has 0 radical (unpaired) electrons. The first-order valence-electron chi connectivity index (χ1n) is 3.79. The van der Waals surface area contributed by atoms with Crippen LogP contribution in [0.3, 0.4) is 0 Å². The van der Waals surface area contributed by atoms with Gasteiger partial charge < -0.3 is 4.74 Å². The fraction of sp³-hybridized carbons (Fsp3) is 0.222. The molecule has 0 aliphatic heterocycles. The molecule has 4 nitrogen and oxygen atoms in total. The lowest BCUT2D eigenvalue weighted by Crippen LogP contribution is -2.05. The first kappa shape index (κ1) is 10.5. The van der Waals surface area contributed by atoms with Crippen LogP contribution in [0.2, 0.25) is 5.02 Å². The van der Waals surface area contributed by atoms with Gasteiger partial charge in [0, 0.05) is 6.20 Å². The molecular weight excluding hydrogens is 204 g/mol. The molecule has 0 atom stereocenters. The van der Waals surface area contributed by atoms with Crippen LogP contribution in [0.5, 0.6) is 0 Å². The molecule has 0 aliphatic carbocycles. The molecule has 1 aromatic heterocycles. The van der Waals surface area contributed by atoms with Crippen molar-refractivity contribution in [1.82, 2.24) is 4.98 Å². The van der Waals surface area contributed by atoms with E-state index in [0.29, 0.717) is 5.56 Å². The van der Waals surface area contributed by atoms with Gasteiger partial charge in [0.2, 0.25) is 0 Å². The number of carbonyl (C=O) groups is 1. The van der Waals surface area contributed by atoms with Crippen molar-refractivity contribution in [1.29, 1.82) is 5.26 Å². The molecule has 0 N–H and O–H groups in total. The first-order chi connectivity index (χ1) is 6.69. The predicted molar refractivity (Wildman–Crippen MR) is 49.7 cm³/mol. The number of pyridine rings is 1. The molecule has 0 spiro atoms. The van der Waals surface area contributed by atoms with Crippen molar-refractivity contribution in [3.05, 3.63) is 28.5 Å². The zero-order valence-corrected chi connectivity index (χ0v) is 8.21. The highest BCUT2D eigenvalue weighted by atomic mass is 35.5. The van der Waals surface area contributed by atoms with Crippen molar-refractivity contribution in [3.63, 3.8) is 0 Å². The van der Waals surface area contributed by atoms with Crippen LogP contribution in [0.1, 0.15) is 11.3 Å². The molecule has 0 aliphatic rings. The van der Waals surface area contributed by atoms with Crippen molar-refractivity contribution in [2.45, 2.75) is 6.42 Å². The summed E-state index contributed by atoms with van der Waals surface area (Å²) in [5, 5.41) is 8.83. The minimum Gasteiger partial charge on any atom is -0.469 e. The quantitative estimate of drug-likeness (QED) is 0.691. The van der Waals surface area contributed by atoms with Crippen LogP contribution in [0.15, 0.2) is 12.3 Å². The van der Waals surface area contributed by atoms with Crippen molar-refractivity contribution in [2.24, 2.45) is 0 Å². The van der Waals surface area contributed by atoms with E-state index in [1.165, 1.54) is 13.3 Å². The van der Waals surface area contributed by atoms with Gasteiger partial charge in [-0.2, -0.15) is 5.26 Å². The molecule has 0 amide bonds. The lowest BCUT2D eigenvalue weighted by atomic mass is 10.2. The van der Waals surface area contributed by atoms with Crippen LogP contribution in [0.4, 0.5) is 0 Å². The molecule has 0 saturated carbocycles. The number of methoxy groups -OCH3 is 1. The second kappa shape index (κ2) is 4.58. The summed E-state index contributed by atoms with van der Waals surface area (Å²) < 4.78 is 4.48. The van der Waals surface area contributed by atoms with Crippen molar-refractivity contribution in [3.8, 4) is 6.07 Å². The lowest BCUT2D eigenvalue weighted by molar-refractivity contribution is -0.139. The normalized spacial score (nSPS) is 9.21. The zero-order chi connectivity index (χ0) is 10.6. The number of esters is 1. The number of carbonyl (C=O) groups excluding carboxylic acids is 1. The van der Waals surface area contributed by atoms with Gasteiger partial charge in [0.05, 0.1) is 18.6 Å². The molecule has 0 unspecified atom stereocenters. The minimum absolute atomic E-state index is 0.0481. The van der Waals surface area contributed by atoms with Crippen LogP contribution in [-0.2, 0) is 16.0 Å². The number of halogens is 1.